The highest BCUT2D eigenvalue weighted by molar-refractivity contribution is 6.30. The van der Waals surface area contributed by atoms with Gasteiger partial charge in [-0.2, -0.15) is 4.98 Å². The number of benzene rings is 1. The fourth-order valence-electron chi connectivity index (χ4n) is 3.50. The third kappa shape index (κ3) is 4.35. The minimum atomic E-state index is 0.436. The molecule has 0 amide bonds. The SMILES string of the molecule is CCCCCC1CCC(c2nc(-c3ccc(Cl)cc3)no2)CC1. The monoisotopic (exact) mass is 332 g/mol. The molecular formula is C19H25ClN2O. The Balaban J connectivity index is 1.56. The van der Waals surface area contributed by atoms with Crippen LogP contribution in [0.1, 0.15) is 70.1 Å². The molecule has 0 bridgehead atoms. The largest absolute Gasteiger partial charge is 0.339 e. The molecule has 124 valence electrons. The molecule has 1 saturated carbocycles. The van der Waals surface area contributed by atoms with E-state index in [0.717, 1.165) is 22.4 Å². The maximum Gasteiger partial charge on any atom is 0.230 e. The Bertz CT molecular complexity index is 600. The third-order valence-corrected chi connectivity index (χ3v) is 5.21. The lowest BCUT2D eigenvalue weighted by atomic mass is 9.79. The number of halogens is 1. The van der Waals surface area contributed by atoms with Gasteiger partial charge in [0.2, 0.25) is 11.7 Å². The van der Waals surface area contributed by atoms with Crippen LogP contribution in [0.25, 0.3) is 11.4 Å². The lowest BCUT2D eigenvalue weighted by molar-refractivity contribution is 0.259. The highest BCUT2D eigenvalue weighted by Gasteiger charge is 2.26. The zero-order chi connectivity index (χ0) is 16.1. The molecule has 2 aromatic rings. The molecule has 3 nitrogen and oxygen atoms in total. The number of rotatable bonds is 6. The van der Waals surface area contributed by atoms with Crippen molar-refractivity contribution in [2.24, 2.45) is 5.92 Å². The summed E-state index contributed by atoms with van der Waals surface area (Å²) in [5.41, 5.74) is 0.956. The van der Waals surface area contributed by atoms with E-state index in [-0.39, 0.29) is 0 Å². The average molecular weight is 333 g/mol. The quantitative estimate of drug-likeness (QED) is 0.587. The van der Waals surface area contributed by atoms with E-state index in [2.05, 4.69) is 17.1 Å². The molecule has 0 saturated heterocycles. The van der Waals surface area contributed by atoms with E-state index in [1.54, 1.807) is 0 Å². The first-order valence-electron chi connectivity index (χ1n) is 8.85. The molecule has 1 heterocycles. The zero-order valence-corrected chi connectivity index (χ0v) is 14.6. The number of hydrogen-bond acceptors (Lipinski definition) is 3. The fourth-order valence-corrected chi connectivity index (χ4v) is 3.62. The molecule has 0 radical (unpaired) electrons. The van der Waals surface area contributed by atoms with Crippen LogP contribution in [0.15, 0.2) is 28.8 Å². The van der Waals surface area contributed by atoms with E-state index in [4.69, 9.17) is 16.1 Å². The van der Waals surface area contributed by atoms with Crippen LogP contribution in [0.3, 0.4) is 0 Å². The van der Waals surface area contributed by atoms with Crippen molar-refractivity contribution >= 4 is 11.6 Å². The lowest BCUT2D eigenvalue weighted by Gasteiger charge is -2.26. The van der Waals surface area contributed by atoms with Crippen LogP contribution in [0, 0.1) is 5.92 Å². The normalized spacial score (nSPS) is 21.5. The Hall–Kier alpha value is -1.35. The van der Waals surface area contributed by atoms with Gasteiger partial charge in [0.05, 0.1) is 0 Å². The standard InChI is InChI=1S/C19H25ClN2O/c1-2-3-4-5-14-6-8-16(9-7-14)19-21-18(22-23-19)15-10-12-17(20)13-11-15/h10-14,16H,2-9H2,1H3. The number of unbranched alkanes of at least 4 members (excludes halogenated alkanes) is 2. The van der Waals surface area contributed by atoms with Gasteiger partial charge in [-0.25, -0.2) is 0 Å². The molecule has 1 aromatic carbocycles. The summed E-state index contributed by atoms with van der Waals surface area (Å²) in [7, 11) is 0. The van der Waals surface area contributed by atoms with Gasteiger partial charge < -0.3 is 4.52 Å². The van der Waals surface area contributed by atoms with Crippen molar-refractivity contribution in [1.82, 2.24) is 10.1 Å². The minimum Gasteiger partial charge on any atom is -0.339 e. The van der Waals surface area contributed by atoms with E-state index < -0.39 is 0 Å². The summed E-state index contributed by atoms with van der Waals surface area (Å²) in [5, 5.41) is 4.86. The van der Waals surface area contributed by atoms with Gasteiger partial charge in [-0.15, -0.1) is 0 Å². The number of nitrogens with zero attached hydrogens (tertiary/aromatic N) is 2. The van der Waals surface area contributed by atoms with Crippen LogP contribution >= 0.6 is 11.6 Å². The van der Waals surface area contributed by atoms with Crippen molar-refractivity contribution in [2.75, 3.05) is 0 Å². The lowest BCUT2D eigenvalue weighted by Crippen LogP contribution is -2.13. The maximum absolute atomic E-state index is 5.92. The van der Waals surface area contributed by atoms with Crippen LogP contribution in [0.2, 0.25) is 5.02 Å². The van der Waals surface area contributed by atoms with Crippen LogP contribution in [0.4, 0.5) is 0 Å². The van der Waals surface area contributed by atoms with E-state index in [1.165, 1.54) is 51.4 Å². The predicted octanol–water partition coefficient (Wildman–Crippen LogP) is 6.24. The highest BCUT2D eigenvalue weighted by Crippen LogP contribution is 2.37. The Morgan fingerprint density at radius 2 is 1.83 bits per heavy atom. The molecule has 0 spiro atoms. The Kier molecular flexibility index (Phi) is 5.71. The zero-order valence-electron chi connectivity index (χ0n) is 13.8. The predicted molar refractivity (Wildman–Crippen MR) is 93.6 cm³/mol. The smallest absolute Gasteiger partial charge is 0.230 e. The fraction of sp³-hybridized carbons (Fsp3) is 0.579. The van der Waals surface area contributed by atoms with Crippen LogP contribution < -0.4 is 0 Å². The maximum atomic E-state index is 5.92. The highest BCUT2D eigenvalue weighted by atomic mass is 35.5. The van der Waals surface area contributed by atoms with E-state index in [1.807, 2.05) is 24.3 Å². The Labute approximate surface area is 143 Å². The van der Waals surface area contributed by atoms with Gasteiger partial charge in [0, 0.05) is 16.5 Å². The van der Waals surface area contributed by atoms with Crippen molar-refractivity contribution in [1.29, 1.82) is 0 Å². The number of aromatic nitrogens is 2. The molecule has 0 N–H and O–H groups in total. The molecule has 23 heavy (non-hydrogen) atoms. The van der Waals surface area contributed by atoms with Gasteiger partial charge in [0.25, 0.3) is 0 Å². The van der Waals surface area contributed by atoms with Crippen molar-refractivity contribution in [3.8, 4) is 11.4 Å². The first kappa shape index (κ1) is 16.5. The summed E-state index contributed by atoms with van der Waals surface area (Å²) in [6.07, 6.45) is 10.4. The van der Waals surface area contributed by atoms with Gasteiger partial charge in [-0.1, -0.05) is 49.4 Å². The Morgan fingerprint density at radius 3 is 2.52 bits per heavy atom. The van der Waals surface area contributed by atoms with E-state index in [0.29, 0.717) is 11.7 Å². The Morgan fingerprint density at radius 1 is 1.09 bits per heavy atom. The molecule has 1 aromatic heterocycles. The first-order chi connectivity index (χ1) is 11.3. The topological polar surface area (TPSA) is 38.9 Å². The minimum absolute atomic E-state index is 0.436. The molecule has 1 aliphatic rings. The molecular weight excluding hydrogens is 308 g/mol. The van der Waals surface area contributed by atoms with Gasteiger partial charge in [0.1, 0.15) is 0 Å². The van der Waals surface area contributed by atoms with Crippen molar-refractivity contribution in [3.05, 3.63) is 35.2 Å². The first-order valence-corrected chi connectivity index (χ1v) is 9.23. The number of hydrogen-bond donors (Lipinski definition) is 0. The van der Waals surface area contributed by atoms with Gasteiger partial charge >= 0.3 is 0 Å². The summed E-state index contributed by atoms with van der Waals surface area (Å²) < 4.78 is 5.53. The molecule has 0 aliphatic heterocycles. The van der Waals surface area contributed by atoms with Crippen molar-refractivity contribution in [3.63, 3.8) is 0 Å². The molecule has 3 rings (SSSR count). The molecule has 1 aliphatic carbocycles. The molecule has 0 atom stereocenters. The molecule has 4 heteroatoms. The van der Waals surface area contributed by atoms with Gasteiger partial charge in [-0.05, 0) is 55.9 Å². The average Bonchev–Trinajstić information content (AvgIpc) is 3.06. The second-order valence-electron chi connectivity index (χ2n) is 6.68. The van der Waals surface area contributed by atoms with Crippen LogP contribution in [0.5, 0.6) is 0 Å². The molecule has 1 fully saturated rings. The van der Waals surface area contributed by atoms with Crippen LogP contribution in [-0.2, 0) is 0 Å². The van der Waals surface area contributed by atoms with Crippen molar-refractivity contribution < 1.29 is 4.52 Å². The summed E-state index contributed by atoms with van der Waals surface area (Å²) in [6.45, 7) is 2.27. The van der Waals surface area contributed by atoms with Gasteiger partial charge in [0.15, 0.2) is 0 Å². The van der Waals surface area contributed by atoms with E-state index >= 15 is 0 Å². The third-order valence-electron chi connectivity index (χ3n) is 4.96. The van der Waals surface area contributed by atoms with Gasteiger partial charge in [-0.3, -0.25) is 0 Å². The summed E-state index contributed by atoms with van der Waals surface area (Å²) in [6, 6.07) is 7.58. The van der Waals surface area contributed by atoms with Crippen molar-refractivity contribution in [2.45, 2.75) is 64.2 Å². The summed E-state index contributed by atoms with van der Waals surface area (Å²) in [4.78, 5) is 4.61. The van der Waals surface area contributed by atoms with Crippen LogP contribution in [-0.4, -0.2) is 10.1 Å². The van der Waals surface area contributed by atoms with E-state index in [9.17, 15) is 0 Å². The summed E-state index contributed by atoms with van der Waals surface area (Å²) >= 11 is 5.92. The molecule has 0 unspecified atom stereocenters. The second-order valence-corrected chi connectivity index (χ2v) is 7.11. The summed E-state index contributed by atoms with van der Waals surface area (Å²) in [5.74, 6) is 2.81. The second kappa shape index (κ2) is 7.96.